The third kappa shape index (κ3) is 3.05. The van der Waals surface area contributed by atoms with Crippen LogP contribution in [0.15, 0.2) is 65.3 Å². The number of carbonyl (C=O) groups is 1. The van der Waals surface area contributed by atoms with Crippen LogP contribution in [-0.4, -0.2) is 16.8 Å². The number of hydrogen-bond acceptors (Lipinski definition) is 5. The normalized spacial score (nSPS) is 15.0. The van der Waals surface area contributed by atoms with Crippen molar-refractivity contribution in [1.82, 2.24) is 0 Å². The van der Waals surface area contributed by atoms with Gasteiger partial charge in [0.15, 0.2) is 5.70 Å². The van der Waals surface area contributed by atoms with Crippen LogP contribution in [0.25, 0.3) is 16.8 Å². The van der Waals surface area contributed by atoms with Gasteiger partial charge < -0.3 is 4.74 Å². The fourth-order valence-corrected chi connectivity index (χ4v) is 3.22. The molecule has 3 aromatic carbocycles. The molecule has 4 rings (SSSR count). The first kappa shape index (κ1) is 17.6. The Morgan fingerprint density at radius 2 is 1.71 bits per heavy atom. The molecule has 28 heavy (non-hydrogen) atoms. The highest BCUT2D eigenvalue weighted by molar-refractivity contribution is 6.13. The van der Waals surface area contributed by atoms with E-state index in [4.69, 9.17) is 4.74 Å². The highest BCUT2D eigenvalue weighted by atomic mass is 16.6. The van der Waals surface area contributed by atoms with Crippen molar-refractivity contribution >= 4 is 34.4 Å². The summed E-state index contributed by atoms with van der Waals surface area (Å²) in [5.74, 6) is -0.515. The van der Waals surface area contributed by atoms with E-state index < -0.39 is 10.9 Å². The number of benzene rings is 3. The van der Waals surface area contributed by atoms with E-state index in [-0.39, 0.29) is 17.3 Å². The zero-order valence-corrected chi connectivity index (χ0v) is 15.3. The Morgan fingerprint density at radius 1 is 1.00 bits per heavy atom. The molecule has 0 aromatic heterocycles. The number of carbonyl (C=O) groups excluding carboxylic acids is 1. The van der Waals surface area contributed by atoms with E-state index in [1.807, 2.05) is 43.3 Å². The third-order valence-corrected chi connectivity index (χ3v) is 4.74. The molecule has 0 atom stereocenters. The summed E-state index contributed by atoms with van der Waals surface area (Å²) in [4.78, 5) is 27.3. The molecule has 0 saturated heterocycles. The van der Waals surface area contributed by atoms with Crippen LogP contribution in [0, 0.1) is 24.0 Å². The highest BCUT2D eigenvalue weighted by Crippen LogP contribution is 2.27. The van der Waals surface area contributed by atoms with Gasteiger partial charge in [0, 0.05) is 17.2 Å². The highest BCUT2D eigenvalue weighted by Gasteiger charge is 2.26. The molecule has 1 aliphatic heterocycles. The van der Waals surface area contributed by atoms with Gasteiger partial charge in [-0.2, -0.15) is 0 Å². The van der Waals surface area contributed by atoms with Crippen molar-refractivity contribution in [2.24, 2.45) is 4.99 Å². The number of esters is 1. The molecular formula is C22H16N2O4. The smallest absolute Gasteiger partial charge is 0.363 e. The van der Waals surface area contributed by atoms with Gasteiger partial charge in [-0.15, -0.1) is 0 Å². The number of nitro groups is 1. The number of nitrogens with zero attached hydrogens (tertiary/aromatic N) is 2. The Hall–Kier alpha value is -3.80. The quantitative estimate of drug-likeness (QED) is 0.289. The molecule has 0 bridgehead atoms. The Balaban J connectivity index is 1.78. The molecular weight excluding hydrogens is 356 g/mol. The number of hydrogen-bond donors (Lipinski definition) is 0. The van der Waals surface area contributed by atoms with Crippen molar-refractivity contribution in [3.8, 4) is 0 Å². The van der Waals surface area contributed by atoms with Gasteiger partial charge in [-0.05, 0) is 47.9 Å². The molecule has 6 heteroatoms. The Kier molecular flexibility index (Phi) is 4.24. The number of nitro benzene ring substituents is 1. The molecule has 0 unspecified atom stereocenters. The Morgan fingerprint density at radius 3 is 2.46 bits per heavy atom. The molecule has 0 fully saturated rings. The molecule has 0 N–H and O–H groups in total. The van der Waals surface area contributed by atoms with Crippen molar-refractivity contribution in [2.75, 3.05) is 0 Å². The van der Waals surface area contributed by atoms with E-state index in [0.29, 0.717) is 11.1 Å². The number of fused-ring (bicyclic) bond motifs is 1. The topological polar surface area (TPSA) is 81.8 Å². The van der Waals surface area contributed by atoms with Crippen LogP contribution in [0.3, 0.4) is 0 Å². The molecule has 0 aliphatic carbocycles. The van der Waals surface area contributed by atoms with Crippen LogP contribution in [0.2, 0.25) is 0 Å². The van der Waals surface area contributed by atoms with Crippen LogP contribution in [-0.2, 0) is 9.53 Å². The van der Waals surface area contributed by atoms with Gasteiger partial charge in [0.05, 0.1) is 4.92 Å². The molecule has 0 spiro atoms. The maximum absolute atomic E-state index is 12.3. The lowest BCUT2D eigenvalue weighted by molar-refractivity contribution is -0.385. The zero-order chi connectivity index (χ0) is 19.8. The summed E-state index contributed by atoms with van der Waals surface area (Å²) in [5.41, 5.74) is 3.03. The number of ether oxygens (including phenoxy) is 1. The van der Waals surface area contributed by atoms with Crippen molar-refractivity contribution in [1.29, 1.82) is 0 Å². The maximum Gasteiger partial charge on any atom is 0.363 e. The fraction of sp³-hybridized carbons (Fsp3) is 0.0909. The van der Waals surface area contributed by atoms with E-state index in [0.717, 1.165) is 21.9 Å². The number of cyclic esters (lactones) is 1. The third-order valence-electron chi connectivity index (χ3n) is 4.74. The minimum absolute atomic E-state index is 0.0433. The Bertz CT molecular complexity index is 1210. The van der Waals surface area contributed by atoms with Crippen LogP contribution >= 0.6 is 0 Å². The van der Waals surface area contributed by atoms with Gasteiger partial charge >= 0.3 is 5.97 Å². The van der Waals surface area contributed by atoms with Gasteiger partial charge in [0.25, 0.3) is 5.69 Å². The summed E-state index contributed by atoms with van der Waals surface area (Å²) >= 11 is 0. The van der Waals surface area contributed by atoms with Gasteiger partial charge in [0.1, 0.15) is 0 Å². The summed E-state index contributed by atoms with van der Waals surface area (Å²) in [5, 5.41) is 13.3. The van der Waals surface area contributed by atoms with Gasteiger partial charge in [-0.25, -0.2) is 9.79 Å². The summed E-state index contributed by atoms with van der Waals surface area (Å²) < 4.78 is 5.26. The van der Waals surface area contributed by atoms with Crippen LogP contribution in [0.1, 0.15) is 22.3 Å². The maximum atomic E-state index is 12.3. The summed E-state index contributed by atoms with van der Waals surface area (Å²) in [6.07, 6.45) is 1.68. The number of aliphatic imine (C=N–C) groups is 1. The minimum Gasteiger partial charge on any atom is -0.402 e. The monoisotopic (exact) mass is 372 g/mol. The number of rotatable bonds is 3. The van der Waals surface area contributed by atoms with Crippen LogP contribution in [0.4, 0.5) is 5.69 Å². The lowest BCUT2D eigenvalue weighted by Gasteiger charge is -2.05. The summed E-state index contributed by atoms with van der Waals surface area (Å²) in [6, 6.07) is 16.5. The van der Waals surface area contributed by atoms with Crippen LogP contribution in [0.5, 0.6) is 0 Å². The lowest BCUT2D eigenvalue weighted by atomic mass is 10.00. The van der Waals surface area contributed by atoms with Gasteiger partial charge in [-0.1, -0.05) is 42.5 Å². The predicted molar refractivity (Wildman–Crippen MR) is 107 cm³/mol. The predicted octanol–water partition coefficient (Wildman–Crippen LogP) is 4.71. The van der Waals surface area contributed by atoms with E-state index in [1.165, 1.54) is 6.07 Å². The second kappa shape index (κ2) is 6.74. The fourth-order valence-electron chi connectivity index (χ4n) is 3.22. The molecule has 1 aliphatic rings. The molecule has 0 radical (unpaired) electrons. The van der Waals surface area contributed by atoms with Crippen molar-refractivity contribution < 1.29 is 14.5 Å². The first-order valence-electron chi connectivity index (χ1n) is 8.70. The van der Waals surface area contributed by atoms with Gasteiger partial charge in [-0.3, -0.25) is 10.1 Å². The van der Waals surface area contributed by atoms with E-state index in [1.54, 1.807) is 25.1 Å². The molecule has 0 saturated carbocycles. The van der Waals surface area contributed by atoms with E-state index in [9.17, 15) is 14.9 Å². The second-order valence-corrected chi connectivity index (χ2v) is 6.61. The summed E-state index contributed by atoms with van der Waals surface area (Å²) in [6.45, 7) is 3.68. The van der Waals surface area contributed by atoms with E-state index >= 15 is 0 Å². The molecule has 0 amide bonds. The number of aryl methyl sites for hydroxylation is 2. The SMILES string of the molecule is Cc1ccc(C2=N/C(=C\c3ccc(C)c4ccccc34)C(=O)O2)cc1[N+](=O)[O-]. The first-order valence-corrected chi connectivity index (χ1v) is 8.70. The lowest BCUT2D eigenvalue weighted by Crippen LogP contribution is -2.06. The standard InChI is InChI=1S/C22H16N2O4/c1-13-7-9-15(18-6-4-3-5-17(13)18)11-19-22(25)28-21(23-19)16-10-8-14(2)20(12-16)24(26)27/h3-12H,1-2H3/b19-11-. The molecule has 1 heterocycles. The minimum atomic E-state index is -0.581. The van der Waals surface area contributed by atoms with Gasteiger partial charge in [0.2, 0.25) is 5.90 Å². The van der Waals surface area contributed by atoms with Crippen molar-refractivity contribution in [3.05, 3.63) is 92.7 Å². The molecule has 3 aromatic rings. The van der Waals surface area contributed by atoms with Crippen molar-refractivity contribution in [2.45, 2.75) is 13.8 Å². The zero-order valence-electron chi connectivity index (χ0n) is 15.3. The average Bonchev–Trinajstić information content (AvgIpc) is 3.05. The largest absolute Gasteiger partial charge is 0.402 e. The van der Waals surface area contributed by atoms with Crippen LogP contribution < -0.4 is 0 Å². The van der Waals surface area contributed by atoms with E-state index in [2.05, 4.69) is 4.99 Å². The molecule has 6 nitrogen and oxygen atoms in total. The Labute approximate surface area is 160 Å². The molecule has 138 valence electrons. The first-order chi connectivity index (χ1) is 13.4. The second-order valence-electron chi connectivity index (χ2n) is 6.61. The summed E-state index contributed by atoms with van der Waals surface area (Å²) in [7, 11) is 0. The van der Waals surface area contributed by atoms with Crippen molar-refractivity contribution in [3.63, 3.8) is 0 Å². The average molecular weight is 372 g/mol.